The van der Waals surface area contributed by atoms with Crippen molar-refractivity contribution in [3.63, 3.8) is 0 Å². The van der Waals surface area contributed by atoms with E-state index in [4.69, 9.17) is 22.7 Å². The molecule has 0 aliphatic heterocycles. The first-order chi connectivity index (χ1) is 6.13. The molecule has 0 fully saturated rings. The maximum Gasteiger partial charge on any atom is 0.208 e. The molecular weight excluding hydrogens is 188 g/mol. The number of hydrogen-bond acceptors (Lipinski definition) is 4. The summed E-state index contributed by atoms with van der Waals surface area (Å²) >= 11 is 4.73. The number of nitrogens with zero attached hydrogens (tertiary/aromatic N) is 3. The average molecular weight is 200 g/mol. The highest BCUT2D eigenvalue weighted by atomic mass is 32.1. The summed E-state index contributed by atoms with van der Waals surface area (Å²) < 4.78 is 6.73. The molecule has 6 heteroatoms. The second kappa shape index (κ2) is 4.29. The van der Waals surface area contributed by atoms with Gasteiger partial charge in [0, 0.05) is 7.11 Å². The Balaban J connectivity index is 2.64. The van der Waals surface area contributed by atoms with Gasteiger partial charge in [-0.2, -0.15) is 0 Å². The molecule has 0 spiro atoms. The summed E-state index contributed by atoms with van der Waals surface area (Å²) in [6.45, 7) is 2.59. The highest BCUT2D eigenvalue weighted by Crippen LogP contribution is 1.95. The minimum Gasteiger partial charge on any atom is -0.387 e. The Morgan fingerprint density at radius 3 is 3.00 bits per heavy atom. The normalized spacial score (nSPS) is 12.8. The molecule has 0 saturated heterocycles. The molecule has 1 rings (SSSR count). The van der Waals surface area contributed by atoms with Crippen molar-refractivity contribution in [3.8, 4) is 0 Å². The highest BCUT2D eigenvalue weighted by Gasteiger charge is 2.05. The second-order valence-electron chi connectivity index (χ2n) is 2.70. The number of ether oxygens (including phenoxy) is 1. The molecule has 1 heterocycles. The first kappa shape index (κ1) is 10.1. The number of methoxy groups -OCH3 is 1. The Bertz CT molecular complexity index is 298. The van der Waals surface area contributed by atoms with Gasteiger partial charge in [-0.05, 0) is 6.92 Å². The number of nitrogens with two attached hydrogens (primary N) is 1. The average Bonchev–Trinajstić information content (AvgIpc) is 2.52. The van der Waals surface area contributed by atoms with Gasteiger partial charge in [0.15, 0.2) is 0 Å². The van der Waals surface area contributed by atoms with Crippen LogP contribution in [0.3, 0.4) is 0 Å². The molecule has 13 heavy (non-hydrogen) atoms. The van der Waals surface area contributed by atoms with E-state index in [0.717, 1.165) is 0 Å². The maximum atomic E-state index is 5.35. The largest absolute Gasteiger partial charge is 0.387 e. The third-order valence-corrected chi connectivity index (χ3v) is 1.79. The lowest BCUT2D eigenvalue weighted by Crippen LogP contribution is -2.16. The van der Waals surface area contributed by atoms with Crippen LogP contribution in [0.5, 0.6) is 0 Å². The fourth-order valence-corrected chi connectivity index (χ4v) is 0.927. The summed E-state index contributed by atoms with van der Waals surface area (Å²) in [7, 11) is 1.65. The zero-order valence-electron chi connectivity index (χ0n) is 7.60. The first-order valence-electron chi connectivity index (χ1n) is 3.85. The molecule has 1 atom stereocenters. The Morgan fingerprint density at radius 1 is 1.85 bits per heavy atom. The fourth-order valence-electron chi connectivity index (χ4n) is 0.833. The van der Waals surface area contributed by atoms with Gasteiger partial charge >= 0.3 is 0 Å². The molecule has 5 nitrogen and oxygen atoms in total. The maximum absolute atomic E-state index is 5.35. The quantitative estimate of drug-likeness (QED) is 0.690. The predicted octanol–water partition coefficient (Wildman–Crippen LogP) is -0.0528. The van der Waals surface area contributed by atoms with Crippen LogP contribution in [-0.4, -0.2) is 33.0 Å². The topological polar surface area (TPSA) is 66.0 Å². The zero-order valence-corrected chi connectivity index (χ0v) is 8.41. The van der Waals surface area contributed by atoms with E-state index in [9.17, 15) is 0 Å². The van der Waals surface area contributed by atoms with Crippen LogP contribution in [0.2, 0.25) is 0 Å². The van der Waals surface area contributed by atoms with Gasteiger partial charge in [0.2, 0.25) is 5.82 Å². The van der Waals surface area contributed by atoms with Crippen LogP contribution in [0.1, 0.15) is 12.7 Å². The van der Waals surface area contributed by atoms with Gasteiger partial charge in [0.05, 0.1) is 12.6 Å². The molecule has 72 valence electrons. The van der Waals surface area contributed by atoms with Crippen LogP contribution in [0, 0.1) is 0 Å². The van der Waals surface area contributed by atoms with Crippen LogP contribution in [-0.2, 0) is 11.3 Å². The van der Waals surface area contributed by atoms with Crippen molar-refractivity contribution in [1.29, 1.82) is 0 Å². The smallest absolute Gasteiger partial charge is 0.208 e. The molecule has 0 amide bonds. The van der Waals surface area contributed by atoms with Gasteiger partial charge in [-0.1, -0.05) is 12.2 Å². The van der Waals surface area contributed by atoms with Crippen LogP contribution < -0.4 is 5.73 Å². The van der Waals surface area contributed by atoms with Crippen molar-refractivity contribution in [2.24, 2.45) is 5.73 Å². The van der Waals surface area contributed by atoms with E-state index in [1.165, 1.54) is 0 Å². The number of aromatic nitrogens is 3. The molecule has 1 aromatic rings. The molecule has 1 aromatic heterocycles. The first-order valence-corrected chi connectivity index (χ1v) is 4.26. The number of thiocarbonyl (C=S) groups is 1. The van der Waals surface area contributed by atoms with E-state index in [-0.39, 0.29) is 11.1 Å². The van der Waals surface area contributed by atoms with Crippen molar-refractivity contribution < 1.29 is 4.74 Å². The lowest BCUT2D eigenvalue weighted by molar-refractivity contribution is 0.0997. The summed E-state index contributed by atoms with van der Waals surface area (Å²) in [6, 6.07) is 0. The summed E-state index contributed by atoms with van der Waals surface area (Å²) in [4.78, 5) is 4.15. The van der Waals surface area contributed by atoms with Crippen molar-refractivity contribution in [2.45, 2.75) is 19.6 Å². The van der Waals surface area contributed by atoms with Crippen molar-refractivity contribution in [2.75, 3.05) is 7.11 Å². The molecule has 0 aliphatic rings. The van der Waals surface area contributed by atoms with Gasteiger partial charge < -0.3 is 10.5 Å². The molecule has 1 unspecified atom stereocenters. The third kappa shape index (κ3) is 2.74. The number of hydrogen-bond donors (Lipinski definition) is 1. The van der Waals surface area contributed by atoms with Gasteiger partial charge in [-0.15, -0.1) is 5.10 Å². The van der Waals surface area contributed by atoms with E-state index in [2.05, 4.69) is 10.1 Å². The molecule has 0 saturated carbocycles. The summed E-state index contributed by atoms with van der Waals surface area (Å²) in [6.07, 6.45) is 1.69. The zero-order chi connectivity index (χ0) is 9.84. The van der Waals surface area contributed by atoms with Gasteiger partial charge in [-0.25, -0.2) is 9.67 Å². The Kier molecular flexibility index (Phi) is 3.32. The summed E-state index contributed by atoms with van der Waals surface area (Å²) in [5.74, 6) is 0.401. The fraction of sp³-hybridized carbons (Fsp3) is 0.571. The van der Waals surface area contributed by atoms with E-state index in [0.29, 0.717) is 12.4 Å². The molecule has 0 bridgehead atoms. The van der Waals surface area contributed by atoms with Gasteiger partial charge in [0.25, 0.3) is 0 Å². The molecule has 2 N–H and O–H groups in total. The van der Waals surface area contributed by atoms with Crippen LogP contribution in [0.4, 0.5) is 0 Å². The highest BCUT2D eigenvalue weighted by molar-refractivity contribution is 7.80. The van der Waals surface area contributed by atoms with E-state index in [1.807, 2.05) is 6.92 Å². The van der Waals surface area contributed by atoms with E-state index < -0.39 is 0 Å². The molecular formula is C7H12N4OS. The standard InChI is InChI=1S/C7H12N4OS/c1-5(12-2)3-11-4-9-7(10-11)6(8)13/h4-5H,3H2,1-2H3,(H2,8,13). The van der Waals surface area contributed by atoms with E-state index in [1.54, 1.807) is 18.1 Å². The van der Waals surface area contributed by atoms with E-state index >= 15 is 0 Å². The molecule has 0 radical (unpaired) electrons. The lowest BCUT2D eigenvalue weighted by atomic mass is 10.4. The van der Waals surface area contributed by atoms with Gasteiger partial charge in [0.1, 0.15) is 11.3 Å². The minimum atomic E-state index is 0.0981. The van der Waals surface area contributed by atoms with Crippen LogP contribution >= 0.6 is 12.2 Å². The Morgan fingerprint density at radius 2 is 2.54 bits per heavy atom. The molecule has 0 aliphatic carbocycles. The predicted molar refractivity (Wildman–Crippen MR) is 52.4 cm³/mol. The van der Waals surface area contributed by atoms with Crippen molar-refractivity contribution in [1.82, 2.24) is 14.8 Å². The van der Waals surface area contributed by atoms with Gasteiger partial charge in [-0.3, -0.25) is 0 Å². The summed E-state index contributed by atoms with van der Waals surface area (Å²) in [5, 5.41) is 4.06. The minimum absolute atomic E-state index is 0.0981. The number of rotatable bonds is 4. The van der Waals surface area contributed by atoms with Crippen molar-refractivity contribution in [3.05, 3.63) is 12.2 Å². The third-order valence-electron chi connectivity index (χ3n) is 1.60. The lowest BCUT2D eigenvalue weighted by Gasteiger charge is -2.07. The molecule has 0 aromatic carbocycles. The monoisotopic (exact) mass is 200 g/mol. The van der Waals surface area contributed by atoms with Crippen molar-refractivity contribution >= 4 is 17.2 Å². The van der Waals surface area contributed by atoms with Crippen LogP contribution in [0.15, 0.2) is 6.33 Å². The summed E-state index contributed by atoms with van der Waals surface area (Å²) in [5.41, 5.74) is 5.35. The Labute approximate surface area is 81.9 Å². The second-order valence-corrected chi connectivity index (χ2v) is 3.14. The van der Waals surface area contributed by atoms with Crippen LogP contribution in [0.25, 0.3) is 0 Å². The SMILES string of the molecule is COC(C)Cn1cnc(C(N)=S)n1. The Hall–Kier alpha value is -1.01.